The van der Waals surface area contributed by atoms with Crippen molar-refractivity contribution in [3.8, 4) is 0 Å². The van der Waals surface area contributed by atoms with Crippen molar-refractivity contribution in [1.29, 1.82) is 0 Å². The van der Waals surface area contributed by atoms with Gasteiger partial charge in [-0.3, -0.25) is 18.8 Å². The smallest absolute Gasteiger partial charge is 0.279 e. The molecule has 0 aliphatic carbocycles. The van der Waals surface area contributed by atoms with Crippen LogP contribution in [-0.4, -0.2) is 9.97 Å². The van der Waals surface area contributed by atoms with E-state index >= 15 is 4.57 Å². The molecule has 7 heteroatoms. The molecule has 1 aromatic heterocycles. The first kappa shape index (κ1) is 29.7. The molecule has 47 heavy (non-hydrogen) atoms. The van der Waals surface area contributed by atoms with Crippen LogP contribution in [-0.2, 0) is 4.57 Å². The van der Waals surface area contributed by atoms with E-state index in [2.05, 4.69) is 0 Å². The Bertz CT molecular complexity index is 1860. The summed E-state index contributed by atoms with van der Waals surface area (Å²) >= 11 is 0. The molecule has 0 amide bonds. The summed E-state index contributed by atoms with van der Waals surface area (Å²) in [6, 6.07) is 61.1. The number of nitrogens with zero attached hydrogens (tertiary/aromatic N) is 5. The molecule has 0 bridgehead atoms. The van der Waals surface area contributed by atoms with Gasteiger partial charge in [0.25, 0.3) is 0 Å². The average molecular weight is 630 g/mol. The summed E-state index contributed by atoms with van der Waals surface area (Å²) < 4.78 is 20.7. The summed E-state index contributed by atoms with van der Waals surface area (Å²) in [4.78, 5) is 12.0. The van der Waals surface area contributed by atoms with Crippen LogP contribution in [0.3, 0.4) is 0 Å². The van der Waals surface area contributed by atoms with Gasteiger partial charge in [-0.25, -0.2) is 9.97 Å². The van der Waals surface area contributed by atoms with Crippen molar-refractivity contribution >= 4 is 53.0 Å². The summed E-state index contributed by atoms with van der Waals surface area (Å²) in [5.74, 6) is 0.405. The second-order valence-corrected chi connectivity index (χ2v) is 13.1. The Morgan fingerprint density at radius 2 is 0.681 bits per heavy atom. The van der Waals surface area contributed by atoms with Gasteiger partial charge in [0.1, 0.15) is 5.44 Å². The second kappa shape index (κ2) is 13.6. The van der Waals surface area contributed by atoms with Crippen molar-refractivity contribution in [2.75, 3.05) is 14.2 Å². The zero-order valence-electron chi connectivity index (χ0n) is 25.6. The van der Waals surface area contributed by atoms with Crippen LogP contribution < -0.4 is 19.7 Å². The largest absolute Gasteiger partial charge is 0.319 e. The minimum atomic E-state index is -3.94. The van der Waals surface area contributed by atoms with Crippen molar-refractivity contribution in [3.63, 3.8) is 0 Å². The molecule has 7 rings (SSSR count). The third kappa shape index (κ3) is 6.02. The molecular formula is C40H32N5OP. The maximum atomic E-state index is 16.8. The lowest BCUT2D eigenvalue weighted by Gasteiger charge is -2.41. The van der Waals surface area contributed by atoms with Crippen LogP contribution in [0.4, 0.5) is 40.1 Å². The summed E-state index contributed by atoms with van der Waals surface area (Å²) in [7, 11) is -3.94. The van der Waals surface area contributed by atoms with Crippen LogP contribution >= 0.6 is 7.44 Å². The van der Waals surface area contributed by atoms with Crippen molar-refractivity contribution < 1.29 is 4.57 Å². The third-order valence-corrected chi connectivity index (χ3v) is 10.6. The van der Waals surface area contributed by atoms with E-state index in [-0.39, 0.29) is 0 Å². The molecule has 0 unspecified atom stereocenters. The molecule has 0 aliphatic heterocycles. The number of rotatable bonds is 10. The molecular weight excluding hydrogens is 597 g/mol. The molecule has 0 saturated carbocycles. The third-order valence-electron chi connectivity index (χ3n) is 7.70. The fourth-order valence-electron chi connectivity index (χ4n) is 5.64. The molecule has 6 nitrogen and oxygen atoms in total. The van der Waals surface area contributed by atoms with Gasteiger partial charge in [-0.1, -0.05) is 109 Å². The van der Waals surface area contributed by atoms with Gasteiger partial charge in [-0.15, -0.1) is 0 Å². The Labute approximate surface area is 275 Å². The predicted octanol–water partition coefficient (Wildman–Crippen LogP) is 10.4. The van der Waals surface area contributed by atoms with Crippen LogP contribution in [0.1, 0.15) is 0 Å². The molecule has 6 aromatic carbocycles. The van der Waals surface area contributed by atoms with Crippen LogP contribution in [0.15, 0.2) is 194 Å². The highest BCUT2D eigenvalue weighted by Gasteiger charge is 2.44. The van der Waals surface area contributed by atoms with Crippen LogP contribution in [0.5, 0.6) is 0 Å². The highest BCUT2D eigenvalue weighted by Crippen LogP contribution is 2.62. The van der Waals surface area contributed by atoms with Crippen LogP contribution in [0.2, 0.25) is 0 Å². The number of aromatic nitrogens is 2. The van der Waals surface area contributed by atoms with Gasteiger partial charge in [0, 0.05) is 40.3 Å². The molecule has 228 valence electrons. The van der Waals surface area contributed by atoms with Gasteiger partial charge in [0.05, 0.1) is 0 Å². The van der Waals surface area contributed by atoms with Crippen molar-refractivity contribution in [2.45, 2.75) is 0 Å². The van der Waals surface area contributed by atoms with E-state index in [1.165, 1.54) is 0 Å². The van der Waals surface area contributed by atoms with Gasteiger partial charge >= 0.3 is 7.44 Å². The van der Waals surface area contributed by atoms with Gasteiger partial charge in [0.2, 0.25) is 5.95 Å². The SMILES string of the molecule is O=P(c1ccnc(N(c2ccccc2)c2ccccc2)n1)(N(c1ccccc1)c1ccccc1)N(c1ccccc1)c1ccccc1. The number of para-hydroxylation sites is 6. The molecule has 7 aromatic rings. The highest BCUT2D eigenvalue weighted by molar-refractivity contribution is 7.75. The zero-order chi connectivity index (χ0) is 31.9. The van der Waals surface area contributed by atoms with E-state index in [1.807, 2.05) is 196 Å². The first-order valence-electron chi connectivity index (χ1n) is 15.4. The molecule has 1 heterocycles. The molecule has 0 spiro atoms. The first-order valence-corrected chi connectivity index (χ1v) is 17.0. The van der Waals surface area contributed by atoms with E-state index in [1.54, 1.807) is 12.3 Å². The van der Waals surface area contributed by atoms with E-state index in [9.17, 15) is 0 Å². The van der Waals surface area contributed by atoms with Gasteiger partial charge in [-0.2, -0.15) is 0 Å². The Morgan fingerprint density at radius 3 is 1.00 bits per heavy atom. The quantitative estimate of drug-likeness (QED) is 0.140. The van der Waals surface area contributed by atoms with E-state index in [0.717, 1.165) is 34.1 Å². The number of hydrogen-bond donors (Lipinski definition) is 0. The average Bonchev–Trinajstić information content (AvgIpc) is 3.15. The topological polar surface area (TPSA) is 52.6 Å². The lowest BCUT2D eigenvalue weighted by molar-refractivity contribution is 0.580. The van der Waals surface area contributed by atoms with E-state index in [4.69, 9.17) is 9.97 Å². The first-order chi connectivity index (χ1) is 23.2. The molecule has 0 N–H and O–H groups in total. The van der Waals surface area contributed by atoms with Gasteiger partial charge < -0.3 is 0 Å². The Balaban J connectivity index is 1.54. The Morgan fingerprint density at radius 1 is 0.383 bits per heavy atom. The van der Waals surface area contributed by atoms with Crippen molar-refractivity contribution in [1.82, 2.24) is 9.97 Å². The molecule has 0 radical (unpaired) electrons. The summed E-state index contributed by atoms with van der Waals surface area (Å²) in [5, 5.41) is 0. The number of benzene rings is 6. The maximum Gasteiger partial charge on any atom is 0.319 e. The summed E-state index contributed by atoms with van der Waals surface area (Å²) in [5.41, 5.74) is 5.21. The van der Waals surface area contributed by atoms with Crippen LogP contribution in [0, 0.1) is 0 Å². The normalized spacial score (nSPS) is 11.1. The second-order valence-electron chi connectivity index (χ2n) is 10.7. The monoisotopic (exact) mass is 629 g/mol. The number of anilines is 7. The maximum absolute atomic E-state index is 16.8. The fraction of sp³-hybridized carbons (Fsp3) is 0. The Kier molecular flexibility index (Phi) is 8.58. The zero-order valence-corrected chi connectivity index (χ0v) is 26.5. The summed E-state index contributed by atoms with van der Waals surface area (Å²) in [6.45, 7) is 0. The van der Waals surface area contributed by atoms with Gasteiger partial charge in [-0.05, 0) is 78.9 Å². The van der Waals surface area contributed by atoms with Crippen molar-refractivity contribution in [3.05, 3.63) is 194 Å². The van der Waals surface area contributed by atoms with E-state index in [0.29, 0.717) is 11.4 Å². The fourth-order valence-corrected chi connectivity index (χ4v) is 8.49. The predicted molar refractivity (Wildman–Crippen MR) is 194 cm³/mol. The molecule has 0 saturated heterocycles. The highest BCUT2D eigenvalue weighted by atomic mass is 31.2. The lowest BCUT2D eigenvalue weighted by Crippen LogP contribution is -2.35. The standard InChI is InChI=1S/C40H32N5OP/c46-47(44(35-23-11-3-12-24-35)36-25-13-4-14-26-36,45(37-27-15-5-16-28-37)38-29-17-6-18-30-38)39-31-32-41-40(42-39)43(33-19-7-1-8-20-33)34-21-9-2-10-22-34/h1-32H. The lowest BCUT2D eigenvalue weighted by atomic mass is 10.2. The van der Waals surface area contributed by atoms with E-state index < -0.39 is 7.44 Å². The van der Waals surface area contributed by atoms with Crippen LogP contribution in [0.25, 0.3) is 0 Å². The Hall–Kier alpha value is -5.97. The minimum Gasteiger partial charge on any atom is -0.279 e. The summed E-state index contributed by atoms with van der Waals surface area (Å²) in [6.07, 6.45) is 1.70. The van der Waals surface area contributed by atoms with Gasteiger partial charge in [0.15, 0.2) is 0 Å². The van der Waals surface area contributed by atoms with Crippen molar-refractivity contribution in [2.24, 2.45) is 0 Å². The molecule has 0 aliphatic rings. The molecule has 0 fully saturated rings. The minimum absolute atomic E-state index is 0.375. The molecule has 0 atom stereocenters. The number of hydrogen-bond acceptors (Lipinski definition) is 4.